The molecule has 4 heteroatoms. The summed E-state index contributed by atoms with van der Waals surface area (Å²) in [5.74, 6) is 0. The molecule has 24 heavy (non-hydrogen) atoms. The van der Waals surface area contributed by atoms with E-state index in [0.29, 0.717) is 12.1 Å². The predicted molar refractivity (Wildman–Crippen MR) is 99.6 cm³/mol. The zero-order valence-electron chi connectivity index (χ0n) is 15.4. The molecule has 1 aliphatic rings. The molecule has 1 saturated heterocycles. The first kappa shape index (κ1) is 17.2. The SMILES string of the molecule is Cc1ccc2c(=O)n(CC[C@H]3CCCCN3C(C)C)cnc2c1C. The van der Waals surface area contributed by atoms with Gasteiger partial charge in [0.05, 0.1) is 17.2 Å². The van der Waals surface area contributed by atoms with Crippen molar-refractivity contribution in [3.05, 3.63) is 39.9 Å². The Kier molecular flexibility index (Phi) is 5.04. The van der Waals surface area contributed by atoms with E-state index in [1.807, 2.05) is 19.1 Å². The summed E-state index contributed by atoms with van der Waals surface area (Å²) in [6.07, 6.45) is 6.60. The van der Waals surface area contributed by atoms with Crippen LogP contribution in [-0.4, -0.2) is 33.1 Å². The van der Waals surface area contributed by atoms with Gasteiger partial charge in [-0.05, 0) is 70.7 Å². The Balaban J connectivity index is 1.82. The second kappa shape index (κ2) is 7.06. The van der Waals surface area contributed by atoms with Crippen molar-refractivity contribution in [2.45, 2.75) is 72.0 Å². The van der Waals surface area contributed by atoms with Gasteiger partial charge < -0.3 is 0 Å². The number of fused-ring (bicyclic) bond motifs is 1. The number of hydrogen-bond donors (Lipinski definition) is 0. The first-order valence-corrected chi connectivity index (χ1v) is 9.20. The third kappa shape index (κ3) is 3.25. The van der Waals surface area contributed by atoms with Crippen molar-refractivity contribution in [3.8, 4) is 0 Å². The summed E-state index contributed by atoms with van der Waals surface area (Å²) < 4.78 is 1.80. The monoisotopic (exact) mass is 327 g/mol. The van der Waals surface area contributed by atoms with Crippen LogP contribution in [-0.2, 0) is 6.54 Å². The first-order valence-electron chi connectivity index (χ1n) is 9.20. The van der Waals surface area contributed by atoms with Crippen LogP contribution in [0.2, 0.25) is 0 Å². The molecule has 1 aromatic heterocycles. The lowest BCUT2D eigenvalue weighted by atomic mass is 9.97. The minimum Gasteiger partial charge on any atom is -0.299 e. The number of hydrogen-bond acceptors (Lipinski definition) is 3. The molecule has 0 saturated carbocycles. The molecular weight excluding hydrogens is 298 g/mol. The summed E-state index contributed by atoms with van der Waals surface area (Å²) in [7, 11) is 0. The molecule has 0 N–H and O–H groups in total. The highest BCUT2D eigenvalue weighted by molar-refractivity contribution is 5.81. The van der Waals surface area contributed by atoms with Gasteiger partial charge in [0.25, 0.3) is 5.56 Å². The van der Waals surface area contributed by atoms with Crippen molar-refractivity contribution >= 4 is 10.9 Å². The molecule has 1 aromatic carbocycles. The van der Waals surface area contributed by atoms with Crippen molar-refractivity contribution < 1.29 is 0 Å². The maximum absolute atomic E-state index is 12.8. The fourth-order valence-corrected chi connectivity index (χ4v) is 3.93. The molecule has 1 aliphatic heterocycles. The van der Waals surface area contributed by atoms with Gasteiger partial charge in [-0.15, -0.1) is 0 Å². The molecule has 0 bridgehead atoms. The van der Waals surface area contributed by atoms with Crippen molar-refractivity contribution in [3.63, 3.8) is 0 Å². The van der Waals surface area contributed by atoms with Crippen LogP contribution in [0.1, 0.15) is 50.7 Å². The number of aromatic nitrogens is 2. The summed E-state index contributed by atoms with van der Waals surface area (Å²) in [5, 5.41) is 0.741. The van der Waals surface area contributed by atoms with Crippen LogP contribution in [0.3, 0.4) is 0 Å². The van der Waals surface area contributed by atoms with Crippen LogP contribution in [0, 0.1) is 13.8 Å². The molecule has 0 amide bonds. The number of likely N-dealkylation sites (tertiary alicyclic amines) is 1. The van der Waals surface area contributed by atoms with E-state index in [1.165, 1.54) is 31.4 Å². The molecular formula is C20H29N3O. The summed E-state index contributed by atoms with van der Waals surface area (Å²) >= 11 is 0. The van der Waals surface area contributed by atoms with E-state index in [-0.39, 0.29) is 5.56 Å². The standard InChI is InChI=1S/C20H29N3O/c1-14(2)23-11-6-5-7-17(23)10-12-22-13-21-19-16(4)15(3)8-9-18(19)20(22)24/h8-9,13-14,17H,5-7,10-12H2,1-4H3/t17-/m1/s1. The van der Waals surface area contributed by atoms with Gasteiger partial charge in [0.1, 0.15) is 0 Å². The van der Waals surface area contributed by atoms with E-state index in [1.54, 1.807) is 10.9 Å². The molecule has 0 unspecified atom stereocenters. The van der Waals surface area contributed by atoms with E-state index >= 15 is 0 Å². The summed E-state index contributed by atoms with van der Waals surface area (Å²) in [6, 6.07) is 5.10. The van der Waals surface area contributed by atoms with Crippen molar-refractivity contribution in [1.82, 2.24) is 14.5 Å². The highest BCUT2D eigenvalue weighted by Crippen LogP contribution is 2.22. The van der Waals surface area contributed by atoms with E-state index in [2.05, 4.69) is 30.7 Å². The fraction of sp³-hybridized carbons (Fsp3) is 0.600. The topological polar surface area (TPSA) is 38.1 Å². The van der Waals surface area contributed by atoms with Crippen LogP contribution in [0.25, 0.3) is 10.9 Å². The fourth-order valence-electron chi connectivity index (χ4n) is 3.93. The van der Waals surface area contributed by atoms with Crippen LogP contribution in [0.5, 0.6) is 0 Å². The molecule has 0 aliphatic carbocycles. The third-order valence-corrected chi connectivity index (χ3v) is 5.56. The number of piperidine rings is 1. The Hall–Kier alpha value is -1.68. The van der Waals surface area contributed by atoms with Crippen LogP contribution in [0.15, 0.2) is 23.3 Å². The maximum atomic E-state index is 12.8. The second-order valence-corrected chi connectivity index (χ2v) is 7.42. The van der Waals surface area contributed by atoms with Crippen LogP contribution >= 0.6 is 0 Å². The average Bonchev–Trinajstić information content (AvgIpc) is 2.58. The minimum atomic E-state index is 0.0926. The Labute approximate surface area is 144 Å². The molecule has 3 rings (SSSR count). The average molecular weight is 327 g/mol. The lowest BCUT2D eigenvalue weighted by Crippen LogP contribution is -2.44. The van der Waals surface area contributed by atoms with E-state index < -0.39 is 0 Å². The van der Waals surface area contributed by atoms with Gasteiger partial charge >= 0.3 is 0 Å². The number of aryl methyl sites for hydroxylation is 3. The van der Waals surface area contributed by atoms with Gasteiger partial charge in [-0.2, -0.15) is 0 Å². The van der Waals surface area contributed by atoms with Crippen molar-refractivity contribution in [1.29, 1.82) is 0 Å². The Morgan fingerprint density at radius 3 is 2.79 bits per heavy atom. The van der Waals surface area contributed by atoms with Crippen molar-refractivity contribution in [2.24, 2.45) is 0 Å². The molecule has 2 aromatic rings. The van der Waals surface area contributed by atoms with Crippen LogP contribution in [0.4, 0.5) is 0 Å². The normalized spacial score (nSPS) is 19.3. The molecule has 0 spiro atoms. The highest BCUT2D eigenvalue weighted by atomic mass is 16.1. The number of rotatable bonds is 4. The molecule has 2 heterocycles. The van der Waals surface area contributed by atoms with E-state index in [4.69, 9.17) is 0 Å². The predicted octanol–water partition coefficient (Wildman–Crippen LogP) is 3.67. The summed E-state index contributed by atoms with van der Waals surface area (Å²) in [4.78, 5) is 20.0. The third-order valence-electron chi connectivity index (χ3n) is 5.56. The zero-order chi connectivity index (χ0) is 17.3. The Bertz CT molecular complexity index is 778. The Morgan fingerprint density at radius 2 is 2.04 bits per heavy atom. The first-order chi connectivity index (χ1) is 11.5. The molecule has 130 valence electrons. The quantitative estimate of drug-likeness (QED) is 0.860. The van der Waals surface area contributed by atoms with Gasteiger partial charge in [0, 0.05) is 18.6 Å². The van der Waals surface area contributed by atoms with Gasteiger partial charge in [0.2, 0.25) is 0 Å². The maximum Gasteiger partial charge on any atom is 0.261 e. The van der Waals surface area contributed by atoms with E-state index in [0.717, 1.165) is 29.4 Å². The molecule has 1 fully saturated rings. The zero-order valence-corrected chi connectivity index (χ0v) is 15.4. The van der Waals surface area contributed by atoms with Crippen LogP contribution < -0.4 is 5.56 Å². The largest absolute Gasteiger partial charge is 0.299 e. The minimum absolute atomic E-state index is 0.0926. The number of nitrogens with zero attached hydrogens (tertiary/aromatic N) is 3. The second-order valence-electron chi connectivity index (χ2n) is 7.42. The van der Waals surface area contributed by atoms with Gasteiger partial charge in [0.15, 0.2) is 0 Å². The summed E-state index contributed by atoms with van der Waals surface area (Å²) in [5.41, 5.74) is 3.23. The van der Waals surface area contributed by atoms with Crippen molar-refractivity contribution in [2.75, 3.05) is 6.54 Å². The lowest BCUT2D eigenvalue weighted by molar-refractivity contribution is 0.102. The highest BCUT2D eigenvalue weighted by Gasteiger charge is 2.24. The number of benzene rings is 1. The molecule has 1 atom stereocenters. The van der Waals surface area contributed by atoms with Gasteiger partial charge in [-0.1, -0.05) is 12.5 Å². The molecule has 4 nitrogen and oxygen atoms in total. The van der Waals surface area contributed by atoms with E-state index in [9.17, 15) is 4.79 Å². The van der Waals surface area contributed by atoms with Gasteiger partial charge in [-0.3, -0.25) is 14.3 Å². The summed E-state index contributed by atoms with van der Waals surface area (Å²) in [6.45, 7) is 10.6. The lowest BCUT2D eigenvalue weighted by Gasteiger charge is -2.38. The van der Waals surface area contributed by atoms with Gasteiger partial charge in [-0.25, -0.2) is 4.98 Å². The molecule has 0 radical (unpaired) electrons. The smallest absolute Gasteiger partial charge is 0.261 e. The Morgan fingerprint density at radius 1 is 1.25 bits per heavy atom.